The van der Waals surface area contributed by atoms with Gasteiger partial charge in [-0.25, -0.2) is 8.42 Å². The van der Waals surface area contributed by atoms with Crippen LogP contribution in [0.15, 0.2) is 35.4 Å². The molecule has 146 valence electrons. The van der Waals surface area contributed by atoms with E-state index in [2.05, 4.69) is 4.98 Å². The van der Waals surface area contributed by atoms with Crippen LogP contribution < -0.4 is 0 Å². The fourth-order valence-corrected chi connectivity index (χ4v) is 5.32. The van der Waals surface area contributed by atoms with Gasteiger partial charge in [-0.05, 0) is 50.9 Å². The lowest BCUT2D eigenvalue weighted by atomic mass is 10.1. The van der Waals surface area contributed by atoms with E-state index in [1.807, 2.05) is 19.1 Å². The van der Waals surface area contributed by atoms with Gasteiger partial charge in [-0.3, -0.25) is 14.7 Å². The highest BCUT2D eigenvalue weighted by Gasteiger charge is 2.30. The summed E-state index contributed by atoms with van der Waals surface area (Å²) >= 11 is 0. The Kier molecular flexibility index (Phi) is 5.78. The Morgan fingerprint density at radius 3 is 2.85 bits per heavy atom. The van der Waals surface area contributed by atoms with Crippen LogP contribution in [0.25, 0.3) is 10.9 Å². The molecule has 3 rings (SSSR count). The van der Waals surface area contributed by atoms with Gasteiger partial charge in [-0.2, -0.15) is 4.31 Å². The maximum absolute atomic E-state index is 13.3. The maximum Gasteiger partial charge on any atom is 0.317 e. The van der Waals surface area contributed by atoms with E-state index in [0.717, 1.165) is 17.4 Å². The zero-order chi connectivity index (χ0) is 19.6. The molecule has 1 aliphatic rings. The first-order valence-corrected chi connectivity index (χ1v) is 10.5. The summed E-state index contributed by atoms with van der Waals surface area (Å²) in [5, 5.41) is 9.79. The topological polar surface area (TPSA) is 90.8 Å². The molecule has 0 radical (unpaired) electrons. The van der Waals surface area contributed by atoms with Crippen LogP contribution in [0.2, 0.25) is 0 Å². The summed E-state index contributed by atoms with van der Waals surface area (Å²) in [4.78, 5) is 17.3. The highest BCUT2D eigenvalue weighted by atomic mass is 32.2. The number of aromatic nitrogens is 1. The maximum atomic E-state index is 13.3. The molecule has 1 unspecified atom stereocenters. The van der Waals surface area contributed by atoms with E-state index in [4.69, 9.17) is 5.11 Å². The molecule has 0 aliphatic carbocycles. The van der Waals surface area contributed by atoms with Crippen molar-refractivity contribution in [3.63, 3.8) is 0 Å². The lowest BCUT2D eigenvalue weighted by Gasteiger charge is -2.25. The van der Waals surface area contributed by atoms with Crippen LogP contribution >= 0.6 is 0 Å². The number of likely N-dealkylation sites (N-methyl/N-ethyl adjacent to an activating group) is 1. The van der Waals surface area contributed by atoms with E-state index in [-0.39, 0.29) is 17.5 Å². The van der Waals surface area contributed by atoms with Crippen LogP contribution in [0.3, 0.4) is 0 Å². The summed E-state index contributed by atoms with van der Waals surface area (Å²) in [5.41, 5.74) is 1.48. The molecule has 0 amide bonds. The summed E-state index contributed by atoms with van der Waals surface area (Å²) in [7, 11) is -1.88. The number of rotatable bonds is 5. The lowest BCUT2D eigenvalue weighted by molar-refractivity contribution is -0.138. The number of carboxylic acids is 1. The van der Waals surface area contributed by atoms with E-state index >= 15 is 0 Å². The van der Waals surface area contributed by atoms with Crippen molar-refractivity contribution in [2.75, 3.05) is 26.7 Å². The van der Waals surface area contributed by atoms with Crippen LogP contribution in [0.4, 0.5) is 0 Å². The molecule has 1 atom stereocenters. The fourth-order valence-electron chi connectivity index (χ4n) is 3.67. The fraction of sp³-hybridized carbons (Fsp3) is 0.474. The van der Waals surface area contributed by atoms with E-state index < -0.39 is 16.0 Å². The molecule has 2 aromatic rings. The molecule has 1 aromatic heterocycles. The third-order valence-corrected chi connectivity index (χ3v) is 7.02. The van der Waals surface area contributed by atoms with Crippen molar-refractivity contribution in [3.05, 3.63) is 36.0 Å². The summed E-state index contributed by atoms with van der Waals surface area (Å²) in [6, 6.07) is 7.22. The van der Waals surface area contributed by atoms with Gasteiger partial charge in [0.05, 0.1) is 12.1 Å². The first-order chi connectivity index (χ1) is 12.8. The number of benzene rings is 1. The molecule has 1 N–H and O–H groups in total. The van der Waals surface area contributed by atoms with Crippen LogP contribution in [0.5, 0.6) is 0 Å². The van der Waals surface area contributed by atoms with Gasteiger partial charge in [0.25, 0.3) is 0 Å². The van der Waals surface area contributed by atoms with Crippen molar-refractivity contribution < 1.29 is 18.3 Å². The van der Waals surface area contributed by atoms with Crippen molar-refractivity contribution in [3.8, 4) is 0 Å². The Bertz CT molecular complexity index is 945. The Balaban J connectivity index is 1.85. The predicted octanol–water partition coefficient (Wildman–Crippen LogP) is 2.10. The first-order valence-electron chi connectivity index (χ1n) is 9.06. The Morgan fingerprint density at radius 1 is 1.33 bits per heavy atom. The van der Waals surface area contributed by atoms with Crippen molar-refractivity contribution in [2.24, 2.45) is 0 Å². The zero-order valence-electron chi connectivity index (χ0n) is 15.6. The SMILES string of the molecule is Cc1cnc2c(S(=O)(=O)N3CCCC(N(C)CC(=O)O)CC3)cccc2c1. The van der Waals surface area contributed by atoms with E-state index in [1.54, 1.807) is 30.3 Å². The first kappa shape index (κ1) is 19.7. The Morgan fingerprint density at radius 2 is 2.11 bits per heavy atom. The van der Waals surface area contributed by atoms with E-state index in [9.17, 15) is 13.2 Å². The second-order valence-corrected chi connectivity index (χ2v) is 9.04. The van der Waals surface area contributed by atoms with E-state index in [1.165, 1.54) is 4.31 Å². The van der Waals surface area contributed by atoms with Crippen molar-refractivity contribution in [1.82, 2.24) is 14.2 Å². The molecule has 1 aromatic carbocycles. The highest BCUT2D eigenvalue weighted by molar-refractivity contribution is 7.89. The van der Waals surface area contributed by atoms with Crippen LogP contribution in [-0.4, -0.2) is 66.4 Å². The average Bonchev–Trinajstić information content (AvgIpc) is 2.87. The van der Waals surface area contributed by atoms with Gasteiger partial charge in [-0.1, -0.05) is 12.1 Å². The summed E-state index contributed by atoms with van der Waals surface area (Å²) in [6.07, 6.45) is 3.77. The number of carbonyl (C=O) groups is 1. The van der Waals surface area contributed by atoms with Gasteiger partial charge in [0.15, 0.2) is 0 Å². The molecule has 8 heteroatoms. The van der Waals surface area contributed by atoms with Gasteiger partial charge in [-0.15, -0.1) is 0 Å². The Labute approximate surface area is 159 Å². The standard InChI is InChI=1S/C19H25N3O4S/c1-14-11-15-5-3-7-17(19(15)20-12-14)27(25,26)22-9-4-6-16(8-10-22)21(2)13-18(23)24/h3,5,7,11-12,16H,4,6,8-10,13H2,1-2H3,(H,23,24). The van der Waals surface area contributed by atoms with Gasteiger partial charge < -0.3 is 5.11 Å². The summed E-state index contributed by atoms with van der Waals surface area (Å²) in [5.74, 6) is -0.872. The molecular formula is C19H25N3O4S. The zero-order valence-corrected chi connectivity index (χ0v) is 16.4. The quantitative estimate of drug-likeness (QED) is 0.839. The lowest BCUT2D eigenvalue weighted by Crippen LogP contribution is -2.37. The van der Waals surface area contributed by atoms with Gasteiger partial charge in [0, 0.05) is 30.7 Å². The molecule has 2 heterocycles. The highest BCUT2D eigenvalue weighted by Crippen LogP contribution is 2.27. The average molecular weight is 391 g/mol. The number of para-hydroxylation sites is 1. The minimum absolute atomic E-state index is 0.0377. The van der Waals surface area contributed by atoms with Crippen LogP contribution in [0.1, 0.15) is 24.8 Å². The third-order valence-electron chi connectivity index (χ3n) is 5.09. The number of hydrogen-bond donors (Lipinski definition) is 1. The molecule has 1 aliphatic heterocycles. The molecule has 0 spiro atoms. The van der Waals surface area contributed by atoms with Gasteiger partial charge >= 0.3 is 5.97 Å². The summed E-state index contributed by atoms with van der Waals surface area (Å²) in [6.45, 7) is 2.70. The van der Waals surface area contributed by atoms with Crippen LogP contribution in [0, 0.1) is 6.92 Å². The Hall–Kier alpha value is -2.03. The molecule has 7 nitrogen and oxygen atoms in total. The molecule has 0 saturated carbocycles. The largest absolute Gasteiger partial charge is 0.480 e. The monoisotopic (exact) mass is 391 g/mol. The number of carboxylic acid groups (broad SMARTS) is 1. The minimum Gasteiger partial charge on any atom is -0.480 e. The molecule has 27 heavy (non-hydrogen) atoms. The second kappa shape index (κ2) is 7.92. The number of hydrogen-bond acceptors (Lipinski definition) is 5. The third kappa shape index (κ3) is 4.28. The number of aryl methyl sites for hydroxylation is 1. The number of sulfonamides is 1. The van der Waals surface area contributed by atoms with Crippen LogP contribution in [-0.2, 0) is 14.8 Å². The minimum atomic E-state index is -3.66. The number of fused-ring (bicyclic) bond motifs is 1. The molecule has 0 bridgehead atoms. The van der Waals surface area contributed by atoms with E-state index in [0.29, 0.717) is 31.4 Å². The molecular weight excluding hydrogens is 366 g/mol. The summed E-state index contributed by atoms with van der Waals surface area (Å²) < 4.78 is 28.1. The smallest absolute Gasteiger partial charge is 0.317 e. The second-order valence-electron chi connectivity index (χ2n) is 7.14. The van der Waals surface area contributed by atoms with Crippen molar-refractivity contribution in [2.45, 2.75) is 37.1 Å². The predicted molar refractivity (Wildman–Crippen MR) is 103 cm³/mol. The van der Waals surface area contributed by atoms with Crippen molar-refractivity contribution >= 4 is 26.9 Å². The normalized spacial score (nSPS) is 19.3. The number of nitrogens with zero attached hydrogens (tertiary/aromatic N) is 3. The molecule has 1 saturated heterocycles. The van der Waals surface area contributed by atoms with Gasteiger partial charge in [0.2, 0.25) is 10.0 Å². The number of aliphatic carboxylic acids is 1. The molecule has 1 fully saturated rings. The van der Waals surface area contributed by atoms with Gasteiger partial charge in [0.1, 0.15) is 4.90 Å². The van der Waals surface area contributed by atoms with Crippen molar-refractivity contribution in [1.29, 1.82) is 0 Å². The number of pyridine rings is 1.